The summed E-state index contributed by atoms with van der Waals surface area (Å²) < 4.78 is 1.59. The summed E-state index contributed by atoms with van der Waals surface area (Å²) in [7, 11) is 1.74. The lowest BCUT2D eigenvalue weighted by molar-refractivity contribution is -0.384. The molecule has 1 heterocycles. The first-order valence-electron chi connectivity index (χ1n) is 4.62. The SMILES string of the molecule is Cn1nc(N)cc1-c1cccc([N+](=O)[O-])c1. The van der Waals surface area contributed by atoms with Crippen LogP contribution in [0.3, 0.4) is 0 Å². The van der Waals surface area contributed by atoms with Crippen molar-refractivity contribution in [1.29, 1.82) is 0 Å². The van der Waals surface area contributed by atoms with E-state index in [1.807, 2.05) is 0 Å². The third kappa shape index (κ3) is 1.72. The Labute approximate surface area is 91.5 Å². The predicted octanol–water partition coefficient (Wildman–Crippen LogP) is 1.58. The Kier molecular flexibility index (Phi) is 2.32. The molecule has 0 atom stereocenters. The highest BCUT2D eigenvalue weighted by Gasteiger charge is 2.10. The molecule has 0 saturated carbocycles. The molecule has 0 aliphatic rings. The summed E-state index contributed by atoms with van der Waals surface area (Å²) in [6, 6.07) is 8.04. The molecule has 0 spiro atoms. The maximum atomic E-state index is 10.6. The largest absolute Gasteiger partial charge is 0.382 e. The minimum Gasteiger partial charge on any atom is -0.382 e. The molecule has 2 N–H and O–H groups in total. The fourth-order valence-electron chi connectivity index (χ4n) is 1.54. The highest BCUT2D eigenvalue weighted by Crippen LogP contribution is 2.24. The van der Waals surface area contributed by atoms with Gasteiger partial charge in [0.25, 0.3) is 5.69 Å². The van der Waals surface area contributed by atoms with Crippen LogP contribution in [0.4, 0.5) is 11.5 Å². The van der Waals surface area contributed by atoms with E-state index < -0.39 is 4.92 Å². The molecule has 0 aliphatic heterocycles. The lowest BCUT2D eigenvalue weighted by atomic mass is 10.1. The van der Waals surface area contributed by atoms with Crippen LogP contribution in [0.15, 0.2) is 30.3 Å². The highest BCUT2D eigenvalue weighted by atomic mass is 16.6. The number of anilines is 1. The van der Waals surface area contributed by atoms with E-state index in [0.29, 0.717) is 5.82 Å². The zero-order valence-corrected chi connectivity index (χ0v) is 8.62. The van der Waals surface area contributed by atoms with E-state index in [9.17, 15) is 10.1 Å². The number of nitrogen functional groups attached to an aromatic ring is 1. The molecule has 2 rings (SSSR count). The predicted molar refractivity (Wildman–Crippen MR) is 59.7 cm³/mol. The van der Waals surface area contributed by atoms with Crippen LogP contribution < -0.4 is 5.73 Å². The Bertz CT molecular complexity index is 548. The summed E-state index contributed by atoms with van der Waals surface area (Å²) in [5, 5.41) is 14.6. The molecule has 0 radical (unpaired) electrons. The average molecular weight is 218 g/mol. The van der Waals surface area contributed by atoms with E-state index in [2.05, 4.69) is 5.10 Å². The third-order valence-electron chi connectivity index (χ3n) is 2.25. The Morgan fingerprint density at radius 2 is 2.19 bits per heavy atom. The lowest BCUT2D eigenvalue weighted by Crippen LogP contribution is -1.95. The first-order chi connectivity index (χ1) is 7.58. The van der Waals surface area contributed by atoms with Gasteiger partial charge >= 0.3 is 0 Å². The van der Waals surface area contributed by atoms with Crippen molar-refractivity contribution < 1.29 is 4.92 Å². The number of nitro benzene ring substituents is 1. The fraction of sp³-hybridized carbons (Fsp3) is 0.100. The van der Waals surface area contributed by atoms with Crippen molar-refractivity contribution in [1.82, 2.24) is 9.78 Å². The first kappa shape index (κ1) is 10.2. The lowest BCUT2D eigenvalue weighted by Gasteiger charge is -2.00. The second-order valence-corrected chi connectivity index (χ2v) is 3.39. The summed E-state index contributed by atoms with van der Waals surface area (Å²) in [6.45, 7) is 0. The van der Waals surface area contributed by atoms with E-state index in [0.717, 1.165) is 11.3 Å². The number of benzene rings is 1. The molecule has 16 heavy (non-hydrogen) atoms. The zero-order valence-electron chi connectivity index (χ0n) is 8.62. The molecule has 0 amide bonds. The average Bonchev–Trinajstić information content (AvgIpc) is 2.58. The molecule has 0 fully saturated rings. The van der Waals surface area contributed by atoms with E-state index in [1.54, 1.807) is 29.9 Å². The summed E-state index contributed by atoms with van der Waals surface area (Å²) >= 11 is 0. The highest BCUT2D eigenvalue weighted by molar-refractivity contribution is 5.65. The van der Waals surface area contributed by atoms with E-state index in [-0.39, 0.29) is 5.69 Å². The normalized spacial score (nSPS) is 10.3. The van der Waals surface area contributed by atoms with Gasteiger partial charge in [0.2, 0.25) is 0 Å². The summed E-state index contributed by atoms with van der Waals surface area (Å²) in [6.07, 6.45) is 0. The Morgan fingerprint density at radius 1 is 1.44 bits per heavy atom. The number of nitro groups is 1. The summed E-state index contributed by atoms with van der Waals surface area (Å²) in [5.41, 5.74) is 7.08. The van der Waals surface area contributed by atoms with Crippen LogP contribution in [0, 0.1) is 10.1 Å². The van der Waals surface area contributed by atoms with Crippen molar-refractivity contribution >= 4 is 11.5 Å². The molecule has 0 saturated heterocycles. The Morgan fingerprint density at radius 3 is 2.75 bits per heavy atom. The van der Waals surface area contributed by atoms with Crippen molar-refractivity contribution in [3.8, 4) is 11.3 Å². The zero-order chi connectivity index (χ0) is 11.7. The Hall–Kier alpha value is -2.37. The monoisotopic (exact) mass is 218 g/mol. The van der Waals surface area contributed by atoms with Gasteiger partial charge in [0.05, 0.1) is 10.6 Å². The van der Waals surface area contributed by atoms with Gasteiger partial charge in [-0.05, 0) is 0 Å². The quantitative estimate of drug-likeness (QED) is 0.612. The number of nitrogens with zero attached hydrogens (tertiary/aromatic N) is 3. The maximum Gasteiger partial charge on any atom is 0.270 e. The van der Waals surface area contributed by atoms with Crippen LogP contribution in [-0.4, -0.2) is 14.7 Å². The number of hydrogen-bond acceptors (Lipinski definition) is 4. The molecule has 0 unspecified atom stereocenters. The molecule has 2 aromatic rings. The number of hydrogen-bond donors (Lipinski definition) is 1. The van der Waals surface area contributed by atoms with Gasteiger partial charge in [0.15, 0.2) is 0 Å². The van der Waals surface area contributed by atoms with Crippen LogP contribution in [0.5, 0.6) is 0 Å². The number of aromatic nitrogens is 2. The van der Waals surface area contributed by atoms with Gasteiger partial charge in [-0.2, -0.15) is 5.10 Å². The van der Waals surface area contributed by atoms with Gasteiger partial charge in [0, 0.05) is 30.8 Å². The van der Waals surface area contributed by atoms with Crippen molar-refractivity contribution in [2.45, 2.75) is 0 Å². The third-order valence-corrected chi connectivity index (χ3v) is 2.25. The molecule has 6 nitrogen and oxygen atoms in total. The van der Waals surface area contributed by atoms with Gasteiger partial charge < -0.3 is 5.73 Å². The molecule has 82 valence electrons. The van der Waals surface area contributed by atoms with Gasteiger partial charge in [-0.1, -0.05) is 12.1 Å². The minimum absolute atomic E-state index is 0.0530. The van der Waals surface area contributed by atoms with Crippen LogP contribution in [0.2, 0.25) is 0 Å². The van der Waals surface area contributed by atoms with Crippen molar-refractivity contribution in [3.05, 3.63) is 40.4 Å². The van der Waals surface area contributed by atoms with Crippen molar-refractivity contribution in [2.24, 2.45) is 7.05 Å². The van der Waals surface area contributed by atoms with Crippen molar-refractivity contribution in [2.75, 3.05) is 5.73 Å². The van der Waals surface area contributed by atoms with Gasteiger partial charge in [0.1, 0.15) is 5.82 Å². The smallest absolute Gasteiger partial charge is 0.270 e. The van der Waals surface area contributed by atoms with E-state index in [1.165, 1.54) is 12.1 Å². The molecular formula is C10H10N4O2. The fourth-order valence-corrected chi connectivity index (χ4v) is 1.54. The number of nitrogens with two attached hydrogens (primary N) is 1. The van der Waals surface area contributed by atoms with E-state index in [4.69, 9.17) is 5.73 Å². The molecular weight excluding hydrogens is 208 g/mol. The number of non-ortho nitro benzene ring substituents is 1. The molecule has 1 aromatic carbocycles. The Balaban J connectivity index is 2.52. The number of rotatable bonds is 2. The topological polar surface area (TPSA) is 87.0 Å². The molecule has 1 aromatic heterocycles. The van der Waals surface area contributed by atoms with Crippen LogP contribution >= 0.6 is 0 Å². The second kappa shape index (κ2) is 3.65. The summed E-state index contributed by atoms with van der Waals surface area (Å²) in [5.74, 6) is 0.393. The van der Waals surface area contributed by atoms with Gasteiger partial charge in [-0.15, -0.1) is 0 Å². The van der Waals surface area contributed by atoms with Crippen molar-refractivity contribution in [3.63, 3.8) is 0 Å². The standard InChI is InChI=1S/C10H10N4O2/c1-13-9(6-10(11)12-13)7-3-2-4-8(5-7)14(15)16/h2-6H,1H3,(H2,11,12). The summed E-state index contributed by atoms with van der Waals surface area (Å²) in [4.78, 5) is 10.2. The van der Waals surface area contributed by atoms with Gasteiger partial charge in [-0.25, -0.2) is 0 Å². The molecule has 0 bridgehead atoms. The van der Waals surface area contributed by atoms with Gasteiger partial charge in [-0.3, -0.25) is 14.8 Å². The van der Waals surface area contributed by atoms with Crippen LogP contribution in [0.25, 0.3) is 11.3 Å². The van der Waals surface area contributed by atoms with Crippen LogP contribution in [-0.2, 0) is 7.05 Å². The maximum absolute atomic E-state index is 10.6. The molecule has 6 heteroatoms. The number of aryl methyl sites for hydroxylation is 1. The van der Waals surface area contributed by atoms with Crippen LogP contribution in [0.1, 0.15) is 0 Å². The second-order valence-electron chi connectivity index (χ2n) is 3.39. The van der Waals surface area contributed by atoms with E-state index >= 15 is 0 Å². The minimum atomic E-state index is -0.427. The molecule has 0 aliphatic carbocycles. The first-order valence-corrected chi connectivity index (χ1v) is 4.62.